The van der Waals surface area contributed by atoms with E-state index in [1.54, 1.807) is 6.07 Å². The summed E-state index contributed by atoms with van der Waals surface area (Å²) < 4.78 is 23.6. The number of halogens is 1. The molecule has 1 aliphatic heterocycles. The molecule has 0 bridgehead atoms. The van der Waals surface area contributed by atoms with Crippen molar-refractivity contribution >= 4 is 39.8 Å². The number of nitrogens with zero attached hydrogens (tertiary/aromatic N) is 2. The second-order valence-corrected chi connectivity index (χ2v) is 10.2. The molecule has 0 radical (unpaired) electrons. The van der Waals surface area contributed by atoms with Gasteiger partial charge in [0.2, 0.25) is 0 Å². The Morgan fingerprint density at radius 1 is 1.12 bits per heavy atom. The molecule has 0 aliphatic carbocycles. The molecule has 0 saturated carbocycles. The van der Waals surface area contributed by atoms with Crippen LogP contribution in [0.5, 0.6) is 0 Å². The Hall–Kier alpha value is -1.65. The van der Waals surface area contributed by atoms with Gasteiger partial charge in [-0.3, -0.25) is 4.90 Å². The second-order valence-electron chi connectivity index (χ2n) is 8.20. The smallest absolute Gasteiger partial charge is 0.191 e. The third-order valence-corrected chi connectivity index (χ3v) is 6.89. The maximum Gasteiger partial charge on any atom is 0.191 e. The SMILES string of the molecule is CCNC(=NCc1ccc(S(C)(=O)=O)c(C)c1)NCC1CCCN1Cc1ccccc1.I. The van der Waals surface area contributed by atoms with Crippen molar-refractivity contribution in [2.75, 3.05) is 25.9 Å². The first kappa shape index (κ1) is 26.6. The van der Waals surface area contributed by atoms with Crippen LogP contribution in [0.1, 0.15) is 36.5 Å². The highest BCUT2D eigenvalue weighted by Gasteiger charge is 2.24. The first-order valence-corrected chi connectivity index (χ1v) is 12.9. The van der Waals surface area contributed by atoms with E-state index >= 15 is 0 Å². The number of likely N-dealkylation sites (tertiary alicyclic amines) is 1. The van der Waals surface area contributed by atoms with Crippen molar-refractivity contribution in [3.8, 4) is 0 Å². The highest BCUT2D eigenvalue weighted by Crippen LogP contribution is 2.20. The molecule has 176 valence electrons. The summed E-state index contributed by atoms with van der Waals surface area (Å²) in [4.78, 5) is 7.63. The van der Waals surface area contributed by atoms with Gasteiger partial charge in [-0.2, -0.15) is 0 Å². The first-order valence-electron chi connectivity index (χ1n) is 11.0. The minimum Gasteiger partial charge on any atom is -0.357 e. The zero-order valence-corrected chi connectivity index (χ0v) is 22.3. The van der Waals surface area contributed by atoms with Crippen LogP contribution in [0.3, 0.4) is 0 Å². The molecule has 1 atom stereocenters. The largest absolute Gasteiger partial charge is 0.357 e. The van der Waals surface area contributed by atoms with Gasteiger partial charge in [0.1, 0.15) is 0 Å². The fraction of sp³-hybridized carbons (Fsp3) is 0.458. The number of benzene rings is 2. The molecule has 1 fully saturated rings. The van der Waals surface area contributed by atoms with E-state index in [1.807, 2.05) is 19.1 Å². The summed E-state index contributed by atoms with van der Waals surface area (Å²) >= 11 is 0. The van der Waals surface area contributed by atoms with Gasteiger partial charge in [0, 0.05) is 31.9 Å². The summed E-state index contributed by atoms with van der Waals surface area (Å²) in [7, 11) is -3.20. The van der Waals surface area contributed by atoms with Crippen LogP contribution in [-0.2, 0) is 22.9 Å². The Balaban J connectivity index is 0.00000363. The molecule has 32 heavy (non-hydrogen) atoms. The van der Waals surface area contributed by atoms with Crippen molar-refractivity contribution in [3.05, 3.63) is 65.2 Å². The van der Waals surface area contributed by atoms with Gasteiger partial charge in [-0.05, 0) is 56.0 Å². The first-order chi connectivity index (χ1) is 14.9. The van der Waals surface area contributed by atoms with E-state index in [0.717, 1.165) is 43.3 Å². The number of guanidine groups is 1. The number of rotatable bonds is 8. The lowest BCUT2D eigenvalue weighted by Crippen LogP contribution is -2.44. The van der Waals surface area contributed by atoms with Gasteiger partial charge in [-0.15, -0.1) is 24.0 Å². The van der Waals surface area contributed by atoms with Crippen LogP contribution in [0, 0.1) is 6.92 Å². The average molecular weight is 571 g/mol. The van der Waals surface area contributed by atoms with E-state index in [2.05, 4.69) is 52.8 Å². The molecule has 1 aliphatic rings. The molecule has 2 aromatic rings. The molecule has 6 nitrogen and oxygen atoms in total. The van der Waals surface area contributed by atoms with Crippen LogP contribution in [0.4, 0.5) is 0 Å². The third kappa shape index (κ3) is 7.74. The summed E-state index contributed by atoms with van der Waals surface area (Å²) in [6.45, 7) is 8.13. The summed E-state index contributed by atoms with van der Waals surface area (Å²) in [5, 5.41) is 6.82. The molecular weight excluding hydrogens is 535 g/mol. The molecule has 1 saturated heterocycles. The van der Waals surface area contributed by atoms with E-state index in [1.165, 1.54) is 24.7 Å². The molecule has 1 unspecified atom stereocenters. The fourth-order valence-electron chi connectivity index (χ4n) is 4.10. The molecule has 0 aromatic heterocycles. The van der Waals surface area contributed by atoms with E-state index in [-0.39, 0.29) is 24.0 Å². The highest BCUT2D eigenvalue weighted by molar-refractivity contribution is 14.0. The topological polar surface area (TPSA) is 73.8 Å². The molecular formula is C24H35IN4O2S. The van der Waals surface area contributed by atoms with Crippen molar-refractivity contribution in [3.63, 3.8) is 0 Å². The molecule has 3 rings (SSSR count). The predicted octanol–water partition coefficient (Wildman–Crippen LogP) is 3.74. The van der Waals surface area contributed by atoms with Gasteiger partial charge >= 0.3 is 0 Å². The van der Waals surface area contributed by atoms with Gasteiger partial charge in [-0.1, -0.05) is 42.5 Å². The van der Waals surface area contributed by atoms with E-state index in [9.17, 15) is 8.42 Å². The Labute approximate surface area is 209 Å². The zero-order chi connectivity index (χ0) is 22.3. The Kier molecular flexibility index (Phi) is 10.4. The fourth-order valence-corrected chi connectivity index (χ4v) is 5.06. The number of hydrogen-bond donors (Lipinski definition) is 2. The predicted molar refractivity (Wildman–Crippen MR) is 142 cm³/mol. The summed E-state index contributed by atoms with van der Waals surface area (Å²) in [6, 6.07) is 16.5. The van der Waals surface area contributed by atoms with Crippen LogP contribution in [0.15, 0.2) is 58.4 Å². The molecule has 2 N–H and O–H groups in total. The lowest BCUT2D eigenvalue weighted by Gasteiger charge is -2.25. The Bertz CT molecular complexity index is 996. The van der Waals surface area contributed by atoms with Gasteiger partial charge in [-0.25, -0.2) is 13.4 Å². The maximum absolute atomic E-state index is 11.8. The third-order valence-electron chi connectivity index (χ3n) is 5.64. The molecule has 2 aromatic carbocycles. The number of nitrogens with one attached hydrogen (secondary N) is 2. The minimum absolute atomic E-state index is 0. The molecule has 1 heterocycles. The average Bonchev–Trinajstić information content (AvgIpc) is 3.17. The Morgan fingerprint density at radius 2 is 1.88 bits per heavy atom. The minimum atomic E-state index is -3.20. The summed E-state index contributed by atoms with van der Waals surface area (Å²) in [5.74, 6) is 0.791. The number of aliphatic imine (C=N–C) groups is 1. The van der Waals surface area contributed by atoms with Crippen molar-refractivity contribution in [1.29, 1.82) is 0 Å². The molecule has 0 amide bonds. The van der Waals surface area contributed by atoms with Crippen LogP contribution < -0.4 is 10.6 Å². The van der Waals surface area contributed by atoms with E-state index in [0.29, 0.717) is 17.5 Å². The number of hydrogen-bond acceptors (Lipinski definition) is 4. The lowest BCUT2D eigenvalue weighted by atomic mass is 10.1. The molecule has 0 spiro atoms. The maximum atomic E-state index is 11.8. The zero-order valence-electron chi connectivity index (χ0n) is 19.2. The van der Waals surface area contributed by atoms with Gasteiger partial charge in [0.05, 0.1) is 11.4 Å². The van der Waals surface area contributed by atoms with Gasteiger partial charge in [0.25, 0.3) is 0 Å². The van der Waals surface area contributed by atoms with Crippen molar-refractivity contribution < 1.29 is 8.42 Å². The summed E-state index contributed by atoms with van der Waals surface area (Å²) in [5.41, 5.74) is 3.10. The Morgan fingerprint density at radius 3 is 2.53 bits per heavy atom. The van der Waals surface area contributed by atoms with Crippen molar-refractivity contribution in [2.45, 2.75) is 50.7 Å². The van der Waals surface area contributed by atoms with E-state index < -0.39 is 9.84 Å². The standard InChI is InChI=1S/C24H34N4O2S.HI/c1-4-25-24(26-16-21-12-13-23(19(2)15-21)31(3,29)30)27-17-22-11-8-14-28(22)18-20-9-6-5-7-10-20;/h5-7,9-10,12-13,15,22H,4,8,11,14,16-18H2,1-3H3,(H2,25,26,27);1H. The second kappa shape index (κ2) is 12.6. The van der Waals surface area contributed by atoms with E-state index in [4.69, 9.17) is 4.99 Å². The molecule has 8 heteroatoms. The lowest BCUT2D eigenvalue weighted by molar-refractivity contribution is 0.245. The van der Waals surface area contributed by atoms with Crippen LogP contribution in [0.2, 0.25) is 0 Å². The number of aryl methyl sites for hydroxylation is 1. The summed E-state index contributed by atoms with van der Waals surface area (Å²) in [6.07, 6.45) is 3.65. The number of sulfone groups is 1. The van der Waals surface area contributed by atoms with Crippen molar-refractivity contribution in [1.82, 2.24) is 15.5 Å². The van der Waals surface area contributed by atoms with Crippen LogP contribution >= 0.6 is 24.0 Å². The van der Waals surface area contributed by atoms with Crippen LogP contribution in [-0.4, -0.2) is 51.2 Å². The quantitative estimate of drug-likeness (QED) is 0.288. The monoisotopic (exact) mass is 570 g/mol. The van der Waals surface area contributed by atoms with Gasteiger partial charge in [0.15, 0.2) is 15.8 Å². The highest BCUT2D eigenvalue weighted by atomic mass is 127. The normalized spacial score (nSPS) is 17.1. The van der Waals surface area contributed by atoms with Gasteiger partial charge < -0.3 is 10.6 Å². The van der Waals surface area contributed by atoms with Crippen LogP contribution in [0.25, 0.3) is 0 Å². The van der Waals surface area contributed by atoms with Crippen molar-refractivity contribution in [2.24, 2.45) is 4.99 Å².